The van der Waals surface area contributed by atoms with Gasteiger partial charge in [0.15, 0.2) is 11.5 Å². The lowest BCUT2D eigenvalue weighted by atomic mass is 9.82. The molecule has 0 atom stereocenters. The maximum absolute atomic E-state index is 13.0. The van der Waals surface area contributed by atoms with Crippen LogP contribution in [0.4, 0.5) is 0 Å². The third-order valence-electron chi connectivity index (χ3n) is 4.99. The molecule has 0 bridgehead atoms. The molecule has 0 unspecified atom stereocenters. The molecular formula is C18H26N2O3. The van der Waals surface area contributed by atoms with Crippen LogP contribution in [0.1, 0.15) is 32.3 Å². The summed E-state index contributed by atoms with van der Waals surface area (Å²) in [5.41, 5.74) is 0.407. The third kappa shape index (κ3) is 3.15. The van der Waals surface area contributed by atoms with E-state index in [2.05, 4.69) is 5.32 Å². The number of rotatable bonds is 3. The molecule has 2 aliphatic heterocycles. The summed E-state index contributed by atoms with van der Waals surface area (Å²) in [5.74, 6) is 1.69. The Hall–Kier alpha value is -1.75. The molecule has 5 nitrogen and oxygen atoms in total. The van der Waals surface area contributed by atoms with E-state index in [1.807, 2.05) is 44.0 Å². The fourth-order valence-corrected chi connectivity index (χ4v) is 3.32. The van der Waals surface area contributed by atoms with Crippen LogP contribution in [0.25, 0.3) is 0 Å². The van der Waals surface area contributed by atoms with Crippen molar-refractivity contribution in [3.05, 3.63) is 23.8 Å². The topological polar surface area (TPSA) is 50.8 Å². The molecule has 0 spiro atoms. The molecule has 1 N–H and O–H groups in total. The molecule has 1 fully saturated rings. The van der Waals surface area contributed by atoms with E-state index in [9.17, 15) is 4.79 Å². The Balaban J connectivity index is 1.76. The smallest absolute Gasteiger partial charge is 0.232 e. The normalized spacial score (nSPS) is 18.8. The molecular weight excluding hydrogens is 292 g/mol. The summed E-state index contributed by atoms with van der Waals surface area (Å²) in [6.07, 6.45) is 2.03. The van der Waals surface area contributed by atoms with E-state index in [-0.39, 0.29) is 5.91 Å². The van der Waals surface area contributed by atoms with Crippen LogP contribution in [0.5, 0.6) is 11.5 Å². The first-order chi connectivity index (χ1) is 11.0. The molecule has 23 heavy (non-hydrogen) atoms. The van der Waals surface area contributed by atoms with Crippen LogP contribution in [-0.4, -0.2) is 50.2 Å². The third-order valence-corrected chi connectivity index (χ3v) is 4.99. The van der Waals surface area contributed by atoms with Crippen LogP contribution in [0, 0.1) is 0 Å². The number of amides is 1. The predicted octanol–water partition coefficient (Wildman–Crippen LogP) is 1.95. The van der Waals surface area contributed by atoms with Gasteiger partial charge in [-0.15, -0.1) is 0 Å². The first kappa shape index (κ1) is 16.1. The van der Waals surface area contributed by atoms with E-state index >= 15 is 0 Å². The van der Waals surface area contributed by atoms with Crippen molar-refractivity contribution in [2.24, 2.45) is 0 Å². The zero-order chi connectivity index (χ0) is 16.4. The summed E-state index contributed by atoms with van der Waals surface area (Å²) in [5, 5.41) is 3.30. The molecule has 1 aromatic carbocycles. The lowest BCUT2D eigenvalue weighted by molar-refractivity contribution is -0.137. The summed E-state index contributed by atoms with van der Waals surface area (Å²) >= 11 is 0. The minimum Gasteiger partial charge on any atom is -0.486 e. The second-order valence-electron chi connectivity index (χ2n) is 6.84. The van der Waals surface area contributed by atoms with Crippen molar-refractivity contribution in [2.75, 3.05) is 33.4 Å². The Bertz CT molecular complexity index is 578. The molecule has 0 aromatic heterocycles. The second kappa shape index (κ2) is 6.40. The Morgan fingerprint density at radius 1 is 1.17 bits per heavy atom. The van der Waals surface area contributed by atoms with Gasteiger partial charge in [-0.25, -0.2) is 0 Å². The number of hydrogen-bond acceptors (Lipinski definition) is 4. The number of ether oxygens (including phenoxy) is 2. The number of fused-ring (bicyclic) bond motifs is 1. The van der Waals surface area contributed by atoms with Gasteiger partial charge < -0.3 is 19.7 Å². The van der Waals surface area contributed by atoms with E-state index in [1.165, 1.54) is 0 Å². The number of nitrogens with one attached hydrogen (secondary N) is 1. The van der Waals surface area contributed by atoms with E-state index < -0.39 is 5.41 Å². The minimum atomic E-state index is -0.567. The number of piperidine rings is 1. The van der Waals surface area contributed by atoms with Gasteiger partial charge in [-0.3, -0.25) is 4.79 Å². The van der Waals surface area contributed by atoms with Crippen molar-refractivity contribution in [1.82, 2.24) is 10.2 Å². The average molecular weight is 318 g/mol. The van der Waals surface area contributed by atoms with Crippen LogP contribution in [0.2, 0.25) is 0 Å². The van der Waals surface area contributed by atoms with Crippen LogP contribution in [0.3, 0.4) is 0 Å². The van der Waals surface area contributed by atoms with Gasteiger partial charge in [0, 0.05) is 19.1 Å². The van der Waals surface area contributed by atoms with E-state index in [0.717, 1.165) is 43.0 Å². The summed E-state index contributed by atoms with van der Waals surface area (Å²) < 4.78 is 11.2. The standard InChI is InChI=1S/C18H26N2O3/c1-18(2,17(21)20-8-6-14(19-3)7-9-20)13-4-5-15-16(12-13)23-11-10-22-15/h4-5,12,14,19H,6-11H2,1-3H3. The molecule has 126 valence electrons. The summed E-state index contributed by atoms with van der Waals surface area (Å²) in [7, 11) is 1.99. The zero-order valence-corrected chi connectivity index (χ0v) is 14.2. The van der Waals surface area contributed by atoms with Crippen LogP contribution >= 0.6 is 0 Å². The zero-order valence-electron chi connectivity index (χ0n) is 14.2. The van der Waals surface area contributed by atoms with Crippen molar-refractivity contribution < 1.29 is 14.3 Å². The Labute approximate surface area is 137 Å². The van der Waals surface area contributed by atoms with E-state index in [0.29, 0.717) is 19.3 Å². The lowest BCUT2D eigenvalue weighted by Gasteiger charge is -2.37. The molecule has 1 saturated heterocycles. The highest BCUT2D eigenvalue weighted by atomic mass is 16.6. The SMILES string of the molecule is CNC1CCN(C(=O)C(C)(C)c2ccc3c(c2)OCCO3)CC1. The van der Waals surface area contributed by atoms with Crippen molar-refractivity contribution in [3.63, 3.8) is 0 Å². The van der Waals surface area contributed by atoms with Gasteiger partial charge in [0.1, 0.15) is 13.2 Å². The van der Waals surface area contributed by atoms with E-state index in [4.69, 9.17) is 9.47 Å². The maximum atomic E-state index is 13.0. The number of carbonyl (C=O) groups is 1. The van der Waals surface area contributed by atoms with Gasteiger partial charge in [-0.2, -0.15) is 0 Å². The fraction of sp³-hybridized carbons (Fsp3) is 0.611. The summed E-state index contributed by atoms with van der Waals surface area (Å²) in [4.78, 5) is 15.0. The number of hydrogen-bond donors (Lipinski definition) is 1. The molecule has 5 heteroatoms. The second-order valence-corrected chi connectivity index (χ2v) is 6.84. The van der Waals surface area contributed by atoms with E-state index in [1.54, 1.807) is 0 Å². The average Bonchev–Trinajstić information content (AvgIpc) is 2.60. The largest absolute Gasteiger partial charge is 0.486 e. The lowest BCUT2D eigenvalue weighted by Crippen LogP contribution is -2.49. The highest BCUT2D eigenvalue weighted by molar-refractivity contribution is 5.87. The highest BCUT2D eigenvalue weighted by Crippen LogP contribution is 2.36. The van der Waals surface area contributed by atoms with Crippen LogP contribution < -0.4 is 14.8 Å². The quantitative estimate of drug-likeness (QED) is 0.925. The molecule has 1 amide bonds. The van der Waals surface area contributed by atoms with Gasteiger partial charge in [-0.1, -0.05) is 6.07 Å². The van der Waals surface area contributed by atoms with Gasteiger partial charge in [-0.05, 0) is 51.4 Å². The van der Waals surface area contributed by atoms with Crippen LogP contribution in [0.15, 0.2) is 18.2 Å². The summed E-state index contributed by atoms with van der Waals surface area (Å²) in [6, 6.07) is 6.36. The molecule has 3 rings (SSSR count). The first-order valence-electron chi connectivity index (χ1n) is 8.39. The van der Waals surface area contributed by atoms with Crippen molar-refractivity contribution >= 4 is 5.91 Å². The molecule has 0 aliphatic carbocycles. The monoisotopic (exact) mass is 318 g/mol. The molecule has 2 heterocycles. The minimum absolute atomic E-state index is 0.184. The number of nitrogens with zero attached hydrogens (tertiary/aromatic N) is 1. The van der Waals surface area contributed by atoms with Gasteiger partial charge in [0.2, 0.25) is 5.91 Å². The highest BCUT2D eigenvalue weighted by Gasteiger charge is 2.36. The van der Waals surface area contributed by atoms with Crippen molar-refractivity contribution in [1.29, 1.82) is 0 Å². The molecule has 0 radical (unpaired) electrons. The predicted molar refractivity (Wildman–Crippen MR) is 89.1 cm³/mol. The Morgan fingerprint density at radius 3 is 2.48 bits per heavy atom. The van der Waals surface area contributed by atoms with Gasteiger partial charge >= 0.3 is 0 Å². The van der Waals surface area contributed by atoms with Crippen LogP contribution in [-0.2, 0) is 10.2 Å². The molecule has 1 aromatic rings. The molecule has 2 aliphatic rings. The van der Waals surface area contributed by atoms with Crippen molar-refractivity contribution in [2.45, 2.75) is 38.1 Å². The first-order valence-corrected chi connectivity index (χ1v) is 8.39. The number of benzene rings is 1. The van der Waals surface area contributed by atoms with Crippen molar-refractivity contribution in [3.8, 4) is 11.5 Å². The Kier molecular flexibility index (Phi) is 4.48. The maximum Gasteiger partial charge on any atom is 0.232 e. The van der Waals surface area contributed by atoms with Gasteiger partial charge in [0.05, 0.1) is 5.41 Å². The Morgan fingerprint density at radius 2 is 1.83 bits per heavy atom. The molecule has 0 saturated carbocycles. The van der Waals surface area contributed by atoms with Gasteiger partial charge in [0.25, 0.3) is 0 Å². The summed E-state index contributed by atoms with van der Waals surface area (Å²) in [6.45, 7) is 6.75. The fourth-order valence-electron chi connectivity index (χ4n) is 3.32. The number of likely N-dealkylation sites (tertiary alicyclic amines) is 1. The number of carbonyl (C=O) groups excluding carboxylic acids is 1.